The van der Waals surface area contributed by atoms with Crippen LogP contribution in [0.5, 0.6) is 17.4 Å². The molecule has 1 aromatic carbocycles. The highest BCUT2D eigenvalue weighted by Crippen LogP contribution is 2.48. The summed E-state index contributed by atoms with van der Waals surface area (Å²) in [6.45, 7) is 4.47. The number of hydrogen-bond acceptors (Lipinski definition) is 12. The van der Waals surface area contributed by atoms with Crippen molar-refractivity contribution in [3.05, 3.63) is 57.8 Å². The Morgan fingerprint density at radius 2 is 1.93 bits per heavy atom. The van der Waals surface area contributed by atoms with Crippen LogP contribution in [0.3, 0.4) is 0 Å². The number of nitrogens with zero attached hydrogens (tertiary/aromatic N) is 2. The second-order valence-corrected chi connectivity index (χ2v) is 18.7. The van der Waals surface area contributed by atoms with Crippen LogP contribution >= 0.6 is 11.3 Å². The molecule has 2 aliphatic heterocycles. The molecule has 4 aliphatic rings. The van der Waals surface area contributed by atoms with Gasteiger partial charge in [0.2, 0.25) is 27.7 Å². The van der Waals surface area contributed by atoms with Gasteiger partial charge in [-0.3, -0.25) is 14.4 Å². The van der Waals surface area contributed by atoms with E-state index >= 15 is 0 Å². The number of sulfonamides is 1. The number of allylic oxidation sites excluding steroid dienone is 1. The van der Waals surface area contributed by atoms with Crippen molar-refractivity contribution in [2.45, 2.75) is 113 Å². The minimum Gasteiger partial charge on any atom is -0.496 e. The summed E-state index contributed by atoms with van der Waals surface area (Å²) in [5, 5.41) is 17.6. The quantitative estimate of drug-likeness (QED) is 0.143. The normalized spacial score (nSPS) is 25.8. The van der Waals surface area contributed by atoms with Gasteiger partial charge in [-0.15, -0.1) is 11.3 Å². The standard InChI is InChI=1S/C41H53N5O10S2/c1-5-55-35-20-33(29-16-17-32(54-4)24(2)36(29)43-35)56-26-19-31-37(47)44-41(40(50)45-58(51,52)28-14-15-28)21-25(41)11-9-7-6-8-10-12-30(39(49)46(31)22-26)42-38(48)34-18-13-27(57-34)23-53-3/h9,11,13,16-18,20,25-26,28,30-31,40,45,50H,5-8,10,12,14-15,19,21-23H2,1-4H3,(H,42,48)(H,44,47). The topological polar surface area (TPSA) is 195 Å². The minimum atomic E-state index is -3.81. The maximum Gasteiger partial charge on any atom is 0.262 e. The number of hydrogen-bond donors (Lipinski definition) is 4. The second-order valence-electron chi connectivity index (χ2n) is 15.6. The number of amides is 3. The highest BCUT2D eigenvalue weighted by atomic mass is 32.2. The number of aliphatic hydroxyl groups is 1. The van der Waals surface area contributed by atoms with Crippen molar-refractivity contribution in [2.24, 2.45) is 5.92 Å². The monoisotopic (exact) mass is 839 g/mol. The van der Waals surface area contributed by atoms with Crippen LogP contribution in [0.1, 0.15) is 84.8 Å². The van der Waals surface area contributed by atoms with Gasteiger partial charge in [0.15, 0.2) is 0 Å². The third-order valence-electron chi connectivity index (χ3n) is 11.4. The van der Waals surface area contributed by atoms with Gasteiger partial charge in [-0.2, -0.15) is 4.72 Å². The van der Waals surface area contributed by atoms with Crippen LogP contribution < -0.4 is 29.6 Å². The fourth-order valence-corrected chi connectivity index (χ4v) is 10.4. The molecule has 2 aromatic heterocycles. The molecule has 7 rings (SSSR count). The first kappa shape index (κ1) is 41.9. The Balaban J connectivity index is 1.22. The zero-order chi connectivity index (χ0) is 41.2. The van der Waals surface area contributed by atoms with E-state index in [9.17, 15) is 27.9 Å². The van der Waals surface area contributed by atoms with Crippen molar-refractivity contribution < 1.29 is 46.9 Å². The number of aromatic nitrogens is 1. The number of nitrogens with one attached hydrogen (secondary N) is 3. The van der Waals surface area contributed by atoms with Gasteiger partial charge in [-0.05, 0) is 76.6 Å². The summed E-state index contributed by atoms with van der Waals surface area (Å²) in [5.41, 5.74) is 0.0812. The molecule has 0 spiro atoms. The van der Waals surface area contributed by atoms with Crippen molar-refractivity contribution in [3.8, 4) is 17.4 Å². The number of pyridine rings is 1. The smallest absolute Gasteiger partial charge is 0.262 e. The van der Waals surface area contributed by atoms with Crippen molar-refractivity contribution in [2.75, 3.05) is 27.4 Å². The first-order valence-electron chi connectivity index (χ1n) is 20.0. The van der Waals surface area contributed by atoms with Gasteiger partial charge in [-0.25, -0.2) is 13.4 Å². The van der Waals surface area contributed by atoms with Crippen molar-refractivity contribution in [3.63, 3.8) is 0 Å². The molecule has 4 heterocycles. The summed E-state index contributed by atoms with van der Waals surface area (Å²) < 4.78 is 51.7. The van der Waals surface area contributed by atoms with Gasteiger partial charge in [0, 0.05) is 41.3 Å². The van der Waals surface area contributed by atoms with E-state index in [1.807, 2.05) is 44.2 Å². The molecule has 58 heavy (non-hydrogen) atoms. The van der Waals surface area contributed by atoms with E-state index in [2.05, 4.69) is 15.4 Å². The van der Waals surface area contributed by atoms with E-state index in [0.717, 1.165) is 29.7 Å². The molecule has 2 aliphatic carbocycles. The fourth-order valence-electron chi connectivity index (χ4n) is 8.03. The SMILES string of the molecule is CCOc1cc(OC2CC3C(=O)NC4(C(O)NS(=O)(=O)C5CC5)CC4C=CCCCCCC(NC(=O)c4ccc(COC)s4)C(=O)N3C2)c2ccc(OC)c(C)c2n1. The van der Waals surface area contributed by atoms with Crippen molar-refractivity contribution in [1.29, 1.82) is 0 Å². The van der Waals surface area contributed by atoms with E-state index in [4.69, 9.17) is 23.9 Å². The number of methoxy groups -OCH3 is 2. The van der Waals surface area contributed by atoms with Crippen LogP contribution in [0, 0.1) is 12.8 Å². The largest absolute Gasteiger partial charge is 0.496 e. The lowest BCUT2D eigenvalue weighted by Crippen LogP contribution is -2.59. The van der Waals surface area contributed by atoms with Crippen LogP contribution in [-0.4, -0.2) is 104 Å². The van der Waals surface area contributed by atoms with Gasteiger partial charge in [0.25, 0.3) is 5.91 Å². The lowest BCUT2D eigenvalue weighted by atomic mass is 10.0. The Kier molecular flexibility index (Phi) is 12.6. The molecule has 3 fully saturated rings. The van der Waals surface area contributed by atoms with Crippen molar-refractivity contribution >= 4 is 50.0 Å². The van der Waals surface area contributed by atoms with E-state index < -0.39 is 62.9 Å². The summed E-state index contributed by atoms with van der Waals surface area (Å²) in [4.78, 5) is 50.5. The fraction of sp³-hybridized carbons (Fsp3) is 0.561. The highest BCUT2D eigenvalue weighted by molar-refractivity contribution is 7.90. The molecule has 1 saturated heterocycles. The molecule has 3 amide bonds. The minimum absolute atomic E-state index is 0.0103. The zero-order valence-electron chi connectivity index (χ0n) is 33.3. The van der Waals surface area contributed by atoms with E-state index in [-0.39, 0.29) is 18.9 Å². The van der Waals surface area contributed by atoms with Gasteiger partial charge in [0.1, 0.15) is 35.9 Å². The second kappa shape index (κ2) is 17.5. The third kappa shape index (κ3) is 8.98. The van der Waals surface area contributed by atoms with Gasteiger partial charge < -0.3 is 39.6 Å². The van der Waals surface area contributed by atoms with E-state index in [1.54, 1.807) is 26.4 Å². The summed E-state index contributed by atoms with van der Waals surface area (Å²) in [6.07, 6.45) is 6.38. The summed E-state index contributed by atoms with van der Waals surface area (Å²) >= 11 is 1.28. The van der Waals surface area contributed by atoms with E-state index in [1.165, 1.54) is 16.2 Å². The number of ether oxygens (including phenoxy) is 4. The highest BCUT2D eigenvalue weighted by Gasteiger charge is 2.61. The lowest BCUT2D eigenvalue weighted by Gasteiger charge is -2.31. The van der Waals surface area contributed by atoms with Gasteiger partial charge in [-0.1, -0.05) is 25.0 Å². The number of aliphatic hydroxyl groups excluding tert-OH is 1. The van der Waals surface area contributed by atoms with Gasteiger partial charge in [0.05, 0.1) is 48.1 Å². The molecule has 15 nitrogen and oxygen atoms in total. The predicted octanol–water partition coefficient (Wildman–Crippen LogP) is 4.10. The molecule has 314 valence electrons. The number of aryl methyl sites for hydroxylation is 1. The Labute approximate surface area is 342 Å². The number of rotatable bonds is 13. The van der Waals surface area contributed by atoms with Crippen LogP contribution in [0.25, 0.3) is 10.9 Å². The summed E-state index contributed by atoms with van der Waals surface area (Å²) in [6, 6.07) is 6.85. The van der Waals surface area contributed by atoms with Crippen LogP contribution in [0.15, 0.2) is 42.5 Å². The number of benzene rings is 1. The Hall–Kier alpha value is -4.29. The van der Waals surface area contributed by atoms with Gasteiger partial charge >= 0.3 is 0 Å². The molecular weight excluding hydrogens is 787 g/mol. The average Bonchev–Trinajstić information content (AvgIpc) is 4.08. The first-order chi connectivity index (χ1) is 27.9. The molecule has 3 aromatic rings. The van der Waals surface area contributed by atoms with Crippen LogP contribution in [0.2, 0.25) is 0 Å². The Morgan fingerprint density at radius 1 is 1.12 bits per heavy atom. The molecule has 0 radical (unpaired) electrons. The van der Waals surface area contributed by atoms with Crippen molar-refractivity contribution in [1.82, 2.24) is 25.2 Å². The number of fused-ring (bicyclic) bond motifs is 3. The molecule has 17 heteroatoms. The molecular formula is C41H53N5O10S2. The third-order valence-corrected chi connectivity index (χ3v) is 14.4. The maximum atomic E-state index is 14.8. The summed E-state index contributed by atoms with van der Waals surface area (Å²) in [5.74, 6) is -0.304. The average molecular weight is 840 g/mol. The number of thiophene rings is 1. The first-order valence-corrected chi connectivity index (χ1v) is 22.4. The van der Waals surface area contributed by atoms with Crippen LogP contribution in [-0.2, 0) is 31.0 Å². The maximum absolute atomic E-state index is 14.8. The molecule has 6 unspecified atom stereocenters. The molecule has 6 atom stereocenters. The zero-order valence-corrected chi connectivity index (χ0v) is 35.0. The molecule has 4 N–H and O–H groups in total. The number of carbonyl (C=O) groups is 3. The molecule has 2 saturated carbocycles. The Morgan fingerprint density at radius 3 is 2.67 bits per heavy atom. The van der Waals surface area contributed by atoms with E-state index in [0.29, 0.717) is 78.5 Å². The molecule has 0 bridgehead atoms. The Bertz CT molecular complexity index is 2160. The predicted molar refractivity (Wildman–Crippen MR) is 217 cm³/mol. The van der Waals surface area contributed by atoms with Crippen LogP contribution in [0.4, 0.5) is 0 Å². The summed E-state index contributed by atoms with van der Waals surface area (Å²) in [7, 11) is -0.644. The lowest BCUT2D eigenvalue weighted by molar-refractivity contribution is -0.140. The number of carbonyl (C=O) groups excluding carboxylic acids is 3.